The second-order valence-electron chi connectivity index (χ2n) is 9.82. The normalized spacial score (nSPS) is 30.8. The van der Waals surface area contributed by atoms with Gasteiger partial charge in [0.15, 0.2) is 29.0 Å². The Morgan fingerprint density at radius 2 is 1.97 bits per heavy atom. The molecule has 1 aliphatic carbocycles. The molecule has 10 heteroatoms. The van der Waals surface area contributed by atoms with Crippen LogP contribution in [-0.4, -0.2) is 62.9 Å². The van der Waals surface area contributed by atoms with E-state index in [0.717, 1.165) is 19.3 Å². The zero-order valence-electron chi connectivity index (χ0n) is 20.3. The van der Waals surface area contributed by atoms with Crippen molar-refractivity contribution < 1.29 is 23.3 Å². The number of hydrogen-bond donors (Lipinski definition) is 1. The van der Waals surface area contributed by atoms with Crippen LogP contribution in [0.1, 0.15) is 44.9 Å². The van der Waals surface area contributed by atoms with E-state index < -0.39 is 30.3 Å². The summed E-state index contributed by atoms with van der Waals surface area (Å²) in [6.07, 6.45) is 4.29. The first-order valence-corrected chi connectivity index (χ1v) is 12.2. The van der Waals surface area contributed by atoms with Gasteiger partial charge in [0.1, 0.15) is 30.5 Å². The molecule has 0 amide bonds. The second-order valence-corrected chi connectivity index (χ2v) is 9.82. The van der Waals surface area contributed by atoms with Gasteiger partial charge in [-0.1, -0.05) is 24.0 Å². The lowest BCUT2D eigenvalue weighted by Crippen LogP contribution is -2.28. The van der Waals surface area contributed by atoms with Crippen molar-refractivity contribution in [2.45, 2.75) is 75.6 Å². The van der Waals surface area contributed by atoms with E-state index in [0.29, 0.717) is 22.5 Å². The van der Waals surface area contributed by atoms with Gasteiger partial charge in [0.2, 0.25) is 0 Å². The van der Waals surface area contributed by atoms with E-state index in [2.05, 4.69) is 32.1 Å². The van der Waals surface area contributed by atoms with Crippen LogP contribution in [0.15, 0.2) is 36.9 Å². The zero-order valence-corrected chi connectivity index (χ0v) is 20.3. The van der Waals surface area contributed by atoms with Gasteiger partial charge < -0.3 is 24.3 Å². The van der Waals surface area contributed by atoms with Crippen LogP contribution in [0.4, 0.5) is 10.2 Å². The Kier molecular flexibility index (Phi) is 5.88. The summed E-state index contributed by atoms with van der Waals surface area (Å²) in [5.41, 5.74) is 1.57. The predicted molar refractivity (Wildman–Crippen MR) is 128 cm³/mol. The van der Waals surface area contributed by atoms with Crippen LogP contribution in [-0.2, 0) is 18.9 Å². The minimum Gasteiger partial charge on any atom is -0.381 e. The molecule has 1 saturated carbocycles. The van der Waals surface area contributed by atoms with Gasteiger partial charge in [-0.2, -0.15) is 0 Å². The summed E-state index contributed by atoms with van der Waals surface area (Å²) < 4.78 is 40.1. The average molecular weight is 494 g/mol. The summed E-state index contributed by atoms with van der Waals surface area (Å²) in [4.78, 5) is 13.5. The van der Waals surface area contributed by atoms with Crippen molar-refractivity contribution in [2.75, 3.05) is 12.4 Å². The Balaban J connectivity index is 1.30. The summed E-state index contributed by atoms with van der Waals surface area (Å²) in [7, 11) is 1.75. The molecule has 2 aromatic heterocycles. The second kappa shape index (κ2) is 9.09. The fourth-order valence-electron chi connectivity index (χ4n) is 5.25. The molecule has 6 atom stereocenters. The van der Waals surface area contributed by atoms with Crippen molar-refractivity contribution in [1.82, 2.24) is 19.5 Å². The highest BCUT2D eigenvalue weighted by Crippen LogP contribution is 2.43. The van der Waals surface area contributed by atoms with E-state index in [9.17, 15) is 4.39 Å². The zero-order chi connectivity index (χ0) is 24.9. The fraction of sp³-hybridized carbons (Fsp3) is 0.500. The third-order valence-corrected chi connectivity index (χ3v) is 6.94. The maximum absolute atomic E-state index is 14.1. The number of halogens is 1. The fourth-order valence-corrected chi connectivity index (χ4v) is 5.25. The topological polar surface area (TPSA) is 92.6 Å². The van der Waals surface area contributed by atoms with Crippen molar-refractivity contribution in [3.63, 3.8) is 0 Å². The standard InChI is InChI=1S/C26H28FN5O4/c1-26(2)35-21-19(11-8-15-6-4-5-7-18(15)27)34-25(22(21)36-26)32-14-30-20-23(28-13-29-24(20)32)31-16-9-10-17(12-16)33-3/h4-7,13-14,16-17,19,21-22,25H,9-10,12H2,1-3H3,(H,28,29,31)/t16?,17?,19-,21-,22+,25-/m1/s1. The van der Waals surface area contributed by atoms with Gasteiger partial charge in [0.25, 0.3) is 0 Å². The molecular weight excluding hydrogens is 465 g/mol. The van der Waals surface area contributed by atoms with Crippen LogP contribution in [0.25, 0.3) is 11.2 Å². The molecule has 1 N–H and O–H groups in total. The number of imidazole rings is 1. The number of benzene rings is 1. The number of fused-ring (bicyclic) bond motifs is 2. The van der Waals surface area contributed by atoms with Crippen LogP contribution in [0.5, 0.6) is 0 Å². The number of nitrogens with one attached hydrogen (secondary N) is 1. The van der Waals surface area contributed by atoms with Gasteiger partial charge in [-0.15, -0.1) is 0 Å². The molecule has 0 bridgehead atoms. The lowest BCUT2D eigenvalue weighted by atomic mass is 10.1. The Morgan fingerprint density at radius 3 is 2.78 bits per heavy atom. The number of hydrogen-bond acceptors (Lipinski definition) is 8. The van der Waals surface area contributed by atoms with E-state index in [-0.39, 0.29) is 18.0 Å². The highest BCUT2D eigenvalue weighted by Gasteiger charge is 2.56. The lowest BCUT2D eigenvalue weighted by molar-refractivity contribution is -0.190. The first-order valence-electron chi connectivity index (χ1n) is 12.2. The third kappa shape index (κ3) is 4.22. The minimum absolute atomic E-state index is 0.256. The van der Waals surface area contributed by atoms with Gasteiger partial charge in [-0.3, -0.25) is 4.57 Å². The highest BCUT2D eigenvalue weighted by molar-refractivity contribution is 5.82. The smallest absolute Gasteiger partial charge is 0.167 e. The third-order valence-electron chi connectivity index (χ3n) is 6.94. The molecule has 0 spiro atoms. The van der Waals surface area contributed by atoms with E-state index >= 15 is 0 Å². The number of rotatable bonds is 4. The predicted octanol–water partition coefficient (Wildman–Crippen LogP) is 3.41. The number of ether oxygens (including phenoxy) is 4. The lowest BCUT2D eigenvalue weighted by Gasteiger charge is -2.23. The SMILES string of the molecule is COC1CCC(Nc2ncnc3c2ncn3[C@@H]2O[C@H](C#Cc3ccccc3F)[C@H]3OC(C)(C)O[C@@H]32)C1. The van der Waals surface area contributed by atoms with Crippen LogP contribution < -0.4 is 5.32 Å². The first-order chi connectivity index (χ1) is 17.4. The van der Waals surface area contributed by atoms with E-state index in [1.807, 2.05) is 18.4 Å². The van der Waals surface area contributed by atoms with Crippen LogP contribution >= 0.6 is 0 Å². The largest absolute Gasteiger partial charge is 0.381 e. The summed E-state index contributed by atoms with van der Waals surface area (Å²) in [6.45, 7) is 3.71. The van der Waals surface area contributed by atoms with Gasteiger partial charge in [-0.05, 0) is 45.2 Å². The summed E-state index contributed by atoms with van der Waals surface area (Å²) >= 11 is 0. The van der Waals surface area contributed by atoms with Crippen molar-refractivity contribution in [3.8, 4) is 11.8 Å². The molecular formula is C26H28FN5O4. The number of nitrogens with zero attached hydrogens (tertiary/aromatic N) is 4. The van der Waals surface area contributed by atoms with E-state index in [1.54, 1.807) is 31.6 Å². The Morgan fingerprint density at radius 1 is 1.14 bits per heavy atom. The highest BCUT2D eigenvalue weighted by atomic mass is 19.1. The minimum atomic E-state index is -0.812. The molecule has 0 radical (unpaired) electrons. The number of aromatic nitrogens is 4. The molecule has 36 heavy (non-hydrogen) atoms. The molecule has 2 aliphatic heterocycles. The summed E-state index contributed by atoms with van der Waals surface area (Å²) in [5, 5.41) is 3.50. The van der Waals surface area contributed by atoms with Crippen molar-refractivity contribution in [2.24, 2.45) is 0 Å². The average Bonchev–Trinajstić information content (AvgIpc) is 3.62. The van der Waals surface area contributed by atoms with E-state index in [1.165, 1.54) is 12.4 Å². The van der Waals surface area contributed by atoms with Gasteiger partial charge in [0, 0.05) is 13.2 Å². The van der Waals surface area contributed by atoms with Crippen molar-refractivity contribution >= 4 is 17.0 Å². The van der Waals surface area contributed by atoms with Crippen molar-refractivity contribution in [3.05, 3.63) is 48.3 Å². The molecule has 9 nitrogen and oxygen atoms in total. The summed E-state index contributed by atoms with van der Waals surface area (Å²) in [5.74, 6) is 5.43. The maximum Gasteiger partial charge on any atom is 0.167 e. The first kappa shape index (κ1) is 23.3. The molecule has 4 heterocycles. The molecule has 1 aromatic carbocycles. The number of anilines is 1. The maximum atomic E-state index is 14.1. The van der Waals surface area contributed by atoms with Gasteiger partial charge in [0.05, 0.1) is 18.0 Å². The van der Waals surface area contributed by atoms with Gasteiger partial charge >= 0.3 is 0 Å². The van der Waals surface area contributed by atoms with Crippen molar-refractivity contribution in [1.29, 1.82) is 0 Å². The Hall–Kier alpha value is -3.10. The molecule has 3 aliphatic rings. The van der Waals surface area contributed by atoms with Gasteiger partial charge in [-0.25, -0.2) is 19.3 Å². The molecule has 3 aromatic rings. The Bertz CT molecular complexity index is 1330. The number of methoxy groups -OCH3 is 1. The van der Waals surface area contributed by atoms with Crippen LogP contribution in [0.3, 0.4) is 0 Å². The summed E-state index contributed by atoms with van der Waals surface area (Å²) in [6, 6.07) is 6.66. The molecule has 3 fully saturated rings. The van der Waals surface area contributed by atoms with Crippen LogP contribution in [0.2, 0.25) is 0 Å². The molecule has 6 rings (SSSR count). The van der Waals surface area contributed by atoms with Crippen LogP contribution in [0, 0.1) is 17.7 Å². The quantitative estimate of drug-likeness (QED) is 0.553. The monoisotopic (exact) mass is 493 g/mol. The molecule has 2 saturated heterocycles. The Labute approximate surface area is 208 Å². The molecule has 188 valence electrons. The van der Waals surface area contributed by atoms with E-state index in [4.69, 9.17) is 18.9 Å². The molecule has 2 unspecified atom stereocenters.